The number of esters is 1. The van der Waals surface area contributed by atoms with Gasteiger partial charge in [-0.3, -0.25) is 0 Å². The van der Waals surface area contributed by atoms with Gasteiger partial charge in [0.1, 0.15) is 5.75 Å². The van der Waals surface area contributed by atoms with Crippen LogP contribution < -0.4 is 10.5 Å². The van der Waals surface area contributed by atoms with Crippen molar-refractivity contribution in [2.24, 2.45) is 5.73 Å². The molecule has 0 spiro atoms. The van der Waals surface area contributed by atoms with E-state index in [4.69, 9.17) is 15.2 Å². The van der Waals surface area contributed by atoms with Gasteiger partial charge in [-0.25, -0.2) is 4.79 Å². The predicted molar refractivity (Wildman–Crippen MR) is 70.5 cm³/mol. The summed E-state index contributed by atoms with van der Waals surface area (Å²) >= 11 is 0. The maximum absolute atomic E-state index is 11.7. The topological polar surface area (TPSA) is 61.5 Å². The van der Waals surface area contributed by atoms with Crippen LogP contribution in [0.1, 0.15) is 25.8 Å². The van der Waals surface area contributed by atoms with Gasteiger partial charge in [0.2, 0.25) is 0 Å². The summed E-state index contributed by atoms with van der Waals surface area (Å²) in [6.07, 6.45) is 0.759. The van der Waals surface area contributed by atoms with Crippen LogP contribution in [0.4, 0.5) is 0 Å². The van der Waals surface area contributed by atoms with Gasteiger partial charge in [0, 0.05) is 0 Å². The first-order valence-electron chi connectivity index (χ1n) is 6.34. The lowest BCUT2D eigenvalue weighted by Crippen LogP contribution is -2.29. The van der Waals surface area contributed by atoms with Gasteiger partial charge in [0.25, 0.3) is 0 Å². The molecule has 0 saturated carbocycles. The molecule has 18 heavy (non-hydrogen) atoms. The molecule has 0 radical (unpaired) electrons. The zero-order chi connectivity index (χ0) is 13.4. The number of nitrogens with two attached hydrogens (primary N) is 1. The summed E-state index contributed by atoms with van der Waals surface area (Å²) in [5.41, 5.74) is 6.57. The van der Waals surface area contributed by atoms with E-state index in [9.17, 15) is 4.79 Å². The predicted octanol–water partition coefficient (Wildman–Crippen LogP) is 1.91. The molecule has 100 valence electrons. The molecular weight excluding hydrogens is 230 g/mol. The molecule has 1 aromatic carbocycles. The first kappa shape index (κ1) is 14.5. The molecular formula is C14H21NO3. The van der Waals surface area contributed by atoms with Crippen LogP contribution in [0.25, 0.3) is 0 Å². The number of carbonyl (C=O) groups is 1. The van der Waals surface area contributed by atoms with Crippen molar-refractivity contribution in [1.82, 2.24) is 0 Å². The summed E-state index contributed by atoms with van der Waals surface area (Å²) < 4.78 is 10.7. The van der Waals surface area contributed by atoms with Gasteiger partial charge in [0.15, 0.2) is 6.10 Å². The average Bonchev–Trinajstić information content (AvgIpc) is 2.38. The van der Waals surface area contributed by atoms with Crippen LogP contribution in [0.5, 0.6) is 5.75 Å². The summed E-state index contributed by atoms with van der Waals surface area (Å²) in [6.45, 7) is 4.60. The molecule has 4 heteroatoms. The van der Waals surface area contributed by atoms with Gasteiger partial charge < -0.3 is 15.2 Å². The van der Waals surface area contributed by atoms with Crippen LogP contribution in [-0.2, 0) is 16.0 Å². The van der Waals surface area contributed by atoms with Gasteiger partial charge in [-0.1, -0.05) is 25.1 Å². The molecule has 1 aromatic rings. The second-order valence-electron chi connectivity index (χ2n) is 3.91. The highest BCUT2D eigenvalue weighted by atomic mass is 16.6. The fraction of sp³-hybridized carbons (Fsp3) is 0.500. The van der Waals surface area contributed by atoms with Gasteiger partial charge in [-0.05, 0) is 37.9 Å². The third-order valence-corrected chi connectivity index (χ3v) is 2.58. The summed E-state index contributed by atoms with van der Waals surface area (Å²) in [4.78, 5) is 11.7. The Hall–Kier alpha value is -1.55. The van der Waals surface area contributed by atoms with E-state index in [0.29, 0.717) is 25.3 Å². The Balaban J connectivity index is 2.77. The minimum atomic E-state index is -0.552. The van der Waals surface area contributed by atoms with Crippen molar-refractivity contribution in [3.8, 4) is 5.75 Å². The maximum Gasteiger partial charge on any atom is 0.347 e. The lowest BCUT2D eigenvalue weighted by atomic mass is 10.1. The Kier molecular flexibility index (Phi) is 6.22. The summed E-state index contributed by atoms with van der Waals surface area (Å²) in [6, 6.07) is 7.63. The first-order valence-corrected chi connectivity index (χ1v) is 6.34. The fourth-order valence-corrected chi connectivity index (χ4v) is 1.67. The van der Waals surface area contributed by atoms with E-state index in [1.165, 1.54) is 0 Å². The number of carbonyl (C=O) groups excluding carboxylic acids is 1. The highest BCUT2D eigenvalue weighted by molar-refractivity contribution is 5.75. The highest BCUT2D eigenvalue weighted by Gasteiger charge is 2.20. The second kappa shape index (κ2) is 7.71. The highest BCUT2D eigenvalue weighted by Crippen LogP contribution is 2.20. The van der Waals surface area contributed by atoms with Gasteiger partial charge in [-0.2, -0.15) is 0 Å². The molecule has 1 rings (SSSR count). The number of para-hydroxylation sites is 1. The maximum atomic E-state index is 11.7. The molecule has 0 aromatic heterocycles. The van der Waals surface area contributed by atoms with E-state index >= 15 is 0 Å². The number of benzene rings is 1. The quantitative estimate of drug-likeness (QED) is 0.752. The van der Waals surface area contributed by atoms with Crippen molar-refractivity contribution in [1.29, 1.82) is 0 Å². The molecule has 1 unspecified atom stereocenters. The zero-order valence-corrected chi connectivity index (χ0v) is 11.0. The average molecular weight is 251 g/mol. The number of rotatable bonds is 7. The van der Waals surface area contributed by atoms with Crippen molar-refractivity contribution in [2.45, 2.75) is 32.8 Å². The zero-order valence-electron chi connectivity index (χ0n) is 11.0. The van der Waals surface area contributed by atoms with E-state index in [1.807, 2.05) is 31.2 Å². The SMILES string of the molecule is CCOC(=O)C(CC)Oc1ccccc1CCN. The largest absolute Gasteiger partial charge is 0.478 e. The fourth-order valence-electron chi connectivity index (χ4n) is 1.67. The van der Waals surface area contributed by atoms with Gasteiger partial charge in [0.05, 0.1) is 6.61 Å². The van der Waals surface area contributed by atoms with Crippen molar-refractivity contribution < 1.29 is 14.3 Å². The molecule has 0 aliphatic heterocycles. The Morgan fingerprint density at radius 2 is 2.06 bits per heavy atom. The normalized spacial score (nSPS) is 11.9. The lowest BCUT2D eigenvalue weighted by Gasteiger charge is -2.18. The van der Waals surface area contributed by atoms with E-state index in [2.05, 4.69) is 0 Å². The van der Waals surface area contributed by atoms with Crippen LogP contribution in [0.15, 0.2) is 24.3 Å². The van der Waals surface area contributed by atoms with Crippen LogP contribution in [0.2, 0.25) is 0 Å². The molecule has 0 aliphatic carbocycles. The Morgan fingerprint density at radius 1 is 1.33 bits per heavy atom. The van der Waals surface area contributed by atoms with Crippen LogP contribution in [-0.4, -0.2) is 25.2 Å². The van der Waals surface area contributed by atoms with E-state index in [0.717, 1.165) is 12.0 Å². The Labute approximate surface area is 108 Å². The third-order valence-electron chi connectivity index (χ3n) is 2.58. The number of hydrogen-bond donors (Lipinski definition) is 1. The van der Waals surface area contributed by atoms with Gasteiger partial charge >= 0.3 is 5.97 Å². The van der Waals surface area contributed by atoms with Crippen molar-refractivity contribution >= 4 is 5.97 Å². The van der Waals surface area contributed by atoms with E-state index < -0.39 is 6.10 Å². The molecule has 0 heterocycles. The summed E-state index contributed by atoms with van der Waals surface area (Å²) in [5, 5.41) is 0. The van der Waals surface area contributed by atoms with Crippen molar-refractivity contribution in [3.05, 3.63) is 29.8 Å². The molecule has 4 nitrogen and oxygen atoms in total. The molecule has 2 N–H and O–H groups in total. The summed E-state index contributed by atoms with van der Waals surface area (Å²) in [5.74, 6) is 0.394. The number of hydrogen-bond acceptors (Lipinski definition) is 4. The molecule has 0 aliphatic rings. The van der Waals surface area contributed by atoms with Crippen molar-refractivity contribution in [2.75, 3.05) is 13.2 Å². The minimum absolute atomic E-state index is 0.317. The smallest absolute Gasteiger partial charge is 0.347 e. The molecule has 0 saturated heterocycles. The van der Waals surface area contributed by atoms with Crippen molar-refractivity contribution in [3.63, 3.8) is 0 Å². The monoisotopic (exact) mass is 251 g/mol. The van der Waals surface area contributed by atoms with Crippen LogP contribution in [0.3, 0.4) is 0 Å². The molecule has 0 amide bonds. The Morgan fingerprint density at radius 3 is 2.67 bits per heavy atom. The van der Waals surface area contributed by atoms with Crippen LogP contribution in [0, 0.1) is 0 Å². The third kappa shape index (κ3) is 4.04. The van der Waals surface area contributed by atoms with Crippen LogP contribution >= 0.6 is 0 Å². The Bertz CT molecular complexity index is 379. The second-order valence-corrected chi connectivity index (χ2v) is 3.91. The van der Waals surface area contributed by atoms with E-state index in [-0.39, 0.29) is 5.97 Å². The standard InChI is InChI=1S/C14H21NO3/c1-3-12(14(16)17-4-2)18-13-8-6-5-7-11(13)9-10-15/h5-8,12H,3-4,9-10,15H2,1-2H3. The molecule has 0 bridgehead atoms. The van der Waals surface area contributed by atoms with Gasteiger partial charge in [-0.15, -0.1) is 0 Å². The van der Waals surface area contributed by atoms with E-state index in [1.54, 1.807) is 6.92 Å². The molecule has 0 fully saturated rings. The molecule has 1 atom stereocenters. The minimum Gasteiger partial charge on any atom is -0.478 e. The lowest BCUT2D eigenvalue weighted by molar-refractivity contribution is -0.151. The number of ether oxygens (including phenoxy) is 2. The first-order chi connectivity index (χ1) is 8.72. The summed E-state index contributed by atoms with van der Waals surface area (Å²) in [7, 11) is 0.